The monoisotopic (exact) mass is 388 g/mol. The van der Waals surface area contributed by atoms with Gasteiger partial charge in [0.2, 0.25) is 0 Å². The Hall–Kier alpha value is -0.880. The number of nitrogens with zero attached hydrogens (tertiary/aromatic N) is 2. The van der Waals surface area contributed by atoms with Gasteiger partial charge >= 0.3 is 0 Å². The van der Waals surface area contributed by atoms with E-state index in [9.17, 15) is 0 Å². The van der Waals surface area contributed by atoms with Gasteiger partial charge in [-0.1, -0.05) is 30.7 Å². The molecule has 0 atom stereocenters. The van der Waals surface area contributed by atoms with Crippen LogP contribution in [-0.4, -0.2) is 17.1 Å². The number of hydrogen-bond acceptors (Lipinski definition) is 3. The van der Waals surface area contributed by atoms with Crippen LogP contribution in [0.1, 0.15) is 24.0 Å². The summed E-state index contributed by atoms with van der Waals surface area (Å²) in [6.07, 6.45) is 1.51. The van der Waals surface area contributed by atoms with Gasteiger partial charge < -0.3 is 4.74 Å². The summed E-state index contributed by atoms with van der Waals surface area (Å²) in [5, 5.41) is 0.533. The lowest BCUT2D eigenvalue weighted by Crippen LogP contribution is -2.03. The summed E-state index contributed by atoms with van der Waals surface area (Å²) in [6, 6.07) is 7.90. The normalized spacial score (nSPS) is 10.5. The van der Waals surface area contributed by atoms with Gasteiger partial charge in [-0.15, -0.1) is 0 Å². The van der Waals surface area contributed by atoms with Gasteiger partial charge in [-0.25, -0.2) is 9.97 Å². The SMILES string of the molecule is CCc1nc(Cc2cccc(OC)c2)nc(Cl)c1I. The third kappa shape index (κ3) is 3.57. The van der Waals surface area contributed by atoms with Crippen molar-refractivity contribution in [3.8, 4) is 5.75 Å². The van der Waals surface area contributed by atoms with Crippen molar-refractivity contribution in [2.24, 2.45) is 0 Å². The first-order valence-electron chi connectivity index (χ1n) is 5.97. The Labute approximate surface area is 131 Å². The van der Waals surface area contributed by atoms with Gasteiger partial charge in [0.1, 0.15) is 16.7 Å². The molecule has 1 heterocycles. The zero-order chi connectivity index (χ0) is 13.8. The molecule has 0 saturated heterocycles. The van der Waals surface area contributed by atoms with Gasteiger partial charge in [0, 0.05) is 6.42 Å². The summed E-state index contributed by atoms with van der Waals surface area (Å²) in [7, 11) is 1.66. The molecule has 0 fully saturated rings. The second kappa shape index (κ2) is 6.52. The Morgan fingerprint density at radius 2 is 2.11 bits per heavy atom. The number of aromatic nitrogens is 2. The van der Waals surface area contributed by atoms with E-state index in [2.05, 4.69) is 39.5 Å². The summed E-state index contributed by atoms with van der Waals surface area (Å²) in [4.78, 5) is 8.90. The topological polar surface area (TPSA) is 35.0 Å². The van der Waals surface area contributed by atoms with Crippen molar-refractivity contribution in [1.29, 1.82) is 0 Å². The number of benzene rings is 1. The van der Waals surface area contributed by atoms with E-state index in [-0.39, 0.29) is 0 Å². The van der Waals surface area contributed by atoms with Crippen molar-refractivity contribution in [3.05, 3.63) is 50.1 Å². The fourth-order valence-corrected chi connectivity index (χ4v) is 2.62. The minimum atomic E-state index is 0.533. The van der Waals surface area contributed by atoms with Gasteiger partial charge in [-0.05, 0) is 46.7 Å². The molecule has 5 heteroatoms. The third-order valence-corrected chi connectivity index (χ3v) is 4.48. The molecule has 3 nitrogen and oxygen atoms in total. The predicted octanol–water partition coefficient (Wildman–Crippen LogP) is 3.90. The number of halogens is 2. The number of methoxy groups -OCH3 is 1. The standard InChI is InChI=1S/C14H14ClIN2O/c1-3-11-13(16)14(15)18-12(17-11)8-9-5-4-6-10(7-9)19-2/h4-7H,3,8H2,1-2H3. The van der Waals surface area contributed by atoms with E-state index in [0.717, 1.165) is 32.8 Å². The Morgan fingerprint density at radius 1 is 1.32 bits per heavy atom. The van der Waals surface area contributed by atoms with E-state index in [1.54, 1.807) is 7.11 Å². The van der Waals surface area contributed by atoms with E-state index < -0.39 is 0 Å². The smallest absolute Gasteiger partial charge is 0.146 e. The van der Waals surface area contributed by atoms with Crippen molar-refractivity contribution in [2.45, 2.75) is 19.8 Å². The molecule has 0 spiro atoms. The third-order valence-electron chi connectivity index (χ3n) is 2.76. The molecule has 0 radical (unpaired) electrons. The zero-order valence-corrected chi connectivity index (χ0v) is 13.7. The molecule has 0 bridgehead atoms. The summed E-state index contributed by atoms with van der Waals surface area (Å²) in [5.41, 5.74) is 2.11. The van der Waals surface area contributed by atoms with E-state index in [4.69, 9.17) is 16.3 Å². The maximum atomic E-state index is 6.14. The lowest BCUT2D eigenvalue weighted by molar-refractivity contribution is 0.414. The van der Waals surface area contributed by atoms with Crippen LogP contribution in [0.15, 0.2) is 24.3 Å². The molecule has 0 aliphatic carbocycles. The molecule has 0 saturated carbocycles. The van der Waals surface area contributed by atoms with Crippen molar-refractivity contribution >= 4 is 34.2 Å². The van der Waals surface area contributed by atoms with Gasteiger partial charge in [0.15, 0.2) is 0 Å². The van der Waals surface area contributed by atoms with E-state index in [1.165, 1.54) is 0 Å². The molecule has 0 aliphatic heterocycles. The molecule has 0 aliphatic rings. The average molecular weight is 389 g/mol. The first-order valence-corrected chi connectivity index (χ1v) is 7.43. The summed E-state index contributed by atoms with van der Waals surface area (Å²) >= 11 is 8.33. The fraction of sp³-hybridized carbons (Fsp3) is 0.286. The molecule has 0 N–H and O–H groups in total. The highest BCUT2D eigenvalue weighted by Gasteiger charge is 2.10. The van der Waals surface area contributed by atoms with Gasteiger partial charge in [0.05, 0.1) is 16.4 Å². The first-order chi connectivity index (χ1) is 9.13. The molecular formula is C14H14ClIN2O. The molecule has 1 aromatic carbocycles. The molecule has 0 amide bonds. The highest BCUT2D eigenvalue weighted by atomic mass is 127. The van der Waals surface area contributed by atoms with Gasteiger partial charge in [-0.2, -0.15) is 0 Å². The number of ether oxygens (including phenoxy) is 1. The molecule has 2 rings (SSSR count). The van der Waals surface area contributed by atoms with Crippen LogP contribution in [0.2, 0.25) is 5.15 Å². The molecule has 100 valence electrons. The largest absolute Gasteiger partial charge is 0.497 e. The minimum Gasteiger partial charge on any atom is -0.497 e. The number of aryl methyl sites for hydroxylation is 1. The Morgan fingerprint density at radius 3 is 2.79 bits per heavy atom. The summed E-state index contributed by atoms with van der Waals surface area (Å²) in [5.74, 6) is 1.58. The number of hydrogen-bond donors (Lipinski definition) is 0. The first kappa shape index (κ1) is 14.5. The van der Waals surface area contributed by atoms with Gasteiger partial charge in [0.25, 0.3) is 0 Å². The Bertz CT molecular complexity index is 590. The molecule has 2 aromatic rings. The van der Waals surface area contributed by atoms with Crippen molar-refractivity contribution in [2.75, 3.05) is 7.11 Å². The zero-order valence-electron chi connectivity index (χ0n) is 10.8. The molecule has 0 unspecified atom stereocenters. The van der Waals surface area contributed by atoms with E-state index in [1.807, 2.05) is 24.3 Å². The summed E-state index contributed by atoms with van der Waals surface area (Å²) in [6.45, 7) is 2.07. The van der Waals surface area contributed by atoms with Crippen LogP contribution in [0.5, 0.6) is 5.75 Å². The second-order valence-corrected chi connectivity index (χ2v) is 5.51. The average Bonchev–Trinajstić information content (AvgIpc) is 2.43. The Balaban J connectivity index is 2.30. The highest BCUT2D eigenvalue weighted by Crippen LogP contribution is 2.21. The van der Waals surface area contributed by atoms with Crippen LogP contribution in [0.4, 0.5) is 0 Å². The maximum Gasteiger partial charge on any atom is 0.146 e. The highest BCUT2D eigenvalue weighted by molar-refractivity contribution is 14.1. The van der Waals surface area contributed by atoms with Crippen LogP contribution in [0.25, 0.3) is 0 Å². The molecule has 19 heavy (non-hydrogen) atoms. The Kier molecular flexibility index (Phi) is 4.99. The lowest BCUT2D eigenvalue weighted by atomic mass is 10.1. The van der Waals surface area contributed by atoms with Crippen LogP contribution in [-0.2, 0) is 12.8 Å². The van der Waals surface area contributed by atoms with E-state index in [0.29, 0.717) is 11.6 Å². The van der Waals surface area contributed by atoms with Gasteiger partial charge in [-0.3, -0.25) is 0 Å². The predicted molar refractivity (Wildman–Crippen MR) is 84.9 cm³/mol. The maximum absolute atomic E-state index is 6.14. The van der Waals surface area contributed by atoms with Crippen molar-refractivity contribution < 1.29 is 4.74 Å². The summed E-state index contributed by atoms with van der Waals surface area (Å²) < 4.78 is 6.15. The quantitative estimate of drug-likeness (QED) is 0.589. The molecule has 1 aromatic heterocycles. The van der Waals surface area contributed by atoms with Crippen LogP contribution < -0.4 is 4.74 Å². The lowest BCUT2D eigenvalue weighted by Gasteiger charge is -2.07. The van der Waals surface area contributed by atoms with Crippen molar-refractivity contribution in [1.82, 2.24) is 9.97 Å². The fourth-order valence-electron chi connectivity index (χ4n) is 1.79. The molecular weight excluding hydrogens is 375 g/mol. The van der Waals surface area contributed by atoms with Crippen molar-refractivity contribution in [3.63, 3.8) is 0 Å². The van der Waals surface area contributed by atoms with Crippen LogP contribution in [0, 0.1) is 3.57 Å². The minimum absolute atomic E-state index is 0.533. The van der Waals surface area contributed by atoms with Crippen LogP contribution >= 0.6 is 34.2 Å². The number of rotatable bonds is 4. The second-order valence-electron chi connectivity index (χ2n) is 4.07. The van der Waals surface area contributed by atoms with E-state index >= 15 is 0 Å². The van der Waals surface area contributed by atoms with Crippen LogP contribution in [0.3, 0.4) is 0 Å².